The van der Waals surface area contributed by atoms with E-state index in [0.29, 0.717) is 24.8 Å². The Kier molecular flexibility index (Phi) is 4.47. The van der Waals surface area contributed by atoms with E-state index in [2.05, 4.69) is 23.9 Å². The van der Waals surface area contributed by atoms with Gasteiger partial charge in [-0.3, -0.25) is 4.90 Å². The van der Waals surface area contributed by atoms with Gasteiger partial charge in [0.2, 0.25) is 0 Å². The van der Waals surface area contributed by atoms with Gasteiger partial charge in [-0.25, -0.2) is 4.79 Å². The van der Waals surface area contributed by atoms with E-state index in [0.717, 1.165) is 25.9 Å². The third kappa shape index (κ3) is 3.09. The Balaban J connectivity index is 2.12. The molecule has 0 aromatic heterocycles. The summed E-state index contributed by atoms with van der Waals surface area (Å²) in [7, 11) is 4.13. The zero-order chi connectivity index (χ0) is 14.0. The number of rotatable bonds is 4. The summed E-state index contributed by atoms with van der Waals surface area (Å²) in [5.74, 6) is 0.00442. The first-order valence-corrected chi connectivity index (χ1v) is 7.00. The van der Waals surface area contributed by atoms with Crippen LogP contribution in [0.5, 0.6) is 0 Å². The molecule has 0 aromatic carbocycles. The van der Waals surface area contributed by atoms with Crippen molar-refractivity contribution in [1.29, 1.82) is 0 Å². The van der Waals surface area contributed by atoms with Crippen molar-refractivity contribution in [2.24, 2.45) is 5.92 Å². The summed E-state index contributed by atoms with van der Waals surface area (Å²) in [5, 5.41) is 10.2. The molecule has 0 spiro atoms. The van der Waals surface area contributed by atoms with E-state index in [9.17, 15) is 9.90 Å². The average Bonchev–Trinajstić information content (AvgIpc) is 2.36. The molecule has 0 amide bonds. The van der Waals surface area contributed by atoms with E-state index >= 15 is 0 Å². The summed E-state index contributed by atoms with van der Waals surface area (Å²) in [5.41, 5.74) is 0.460. The molecule has 5 heteroatoms. The lowest BCUT2D eigenvalue weighted by Crippen LogP contribution is -2.52. The second kappa shape index (κ2) is 5.92. The van der Waals surface area contributed by atoms with E-state index < -0.39 is 0 Å². The molecule has 2 aliphatic heterocycles. The van der Waals surface area contributed by atoms with Gasteiger partial charge < -0.3 is 14.7 Å². The summed E-state index contributed by atoms with van der Waals surface area (Å²) in [6, 6.07) is 0.462. The fraction of sp³-hybridized carbons (Fsp3) is 0.786. The third-order valence-electron chi connectivity index (χ3n) is 3.97. The van der Waals surface area contributed by atoms with Crippen LogP contribution >= 0.6 is 0 Å². The van der Waals surface area contributed by atoms with E-state index in [4.69, 9.17) is 4.74 Å². The SMILES string of the molecule is CCOC(=O)C1=C(O)[C@H]2CC[C@H](CN(C)C)N(C1)C2. The number of hydrogen-bond acceptors (Lipinski definition) is 5. The Labute approximate surface area is 114 Å². The van der Waals surface area contributed by atoms with Gasteiger partial charge in [-0.1, -0.05) is 0 Å². The van der Waals surface area contributed by atoms with Crippen LogP contribution in [0.1, 0.15) is 19.8 Å². The molecule has 19 heavy (non-hydrogen) atoms. The Hall–Kier alpha value is -1.07. The highest BCUT2D eigenvalue weighted by molar-refractivity contribution is 5.89. The summed E-state index contributed by atoms with van der Waals surface area (Å²) in [6.45, 7) is 4.49. The smallest absolute Gasteiger partial charge is 0.338 e. The van der Waals surface area contributed by atoms with Crippen LogP contribution in [0.3, 0.4) is 0 Å². The van der Waals surface area contributed by atoms with Crippen LogP contribution in [0, 0.1) is 5.92 Å². The number of carbonyl (C=O) groups excluding carboxylic acids is 1. The fourth-order valence-corrected chi connectivity index (χ4v) is 3.06. The van der Waals surface area contributed by atoms with E-state index in [1.165, 1.54) is 0 Å². The molecule has 1 saturated heterocycles. The van der Waals surface area contributed by atoms with Crippen molar-refractivity contribution >= 4 is 5.97 Å². The minimum Gasteiger partial charge on any atom is -0.511 e. The number of aliphatic hydroxyl groups is 1. The van der Waals surface area contributed by atoms with Gasteiger partial charge in [0, 0.05) is 31.6 Å². The maximum atomic E-state index is 11.9. The molecule has 108 valence electrons. The van der Waals surface area contributed by atoms with Crippen LogP contribution < -0.4 is 0 Å². The first-order valence-electron chi connectivity index (χ1n) is 7.00. The van der Waals surface area contributed by atoms with E-state index in [-0.39, 0.29) is 17.6 Å². The number of likely N-dealkylation sites (N-methyl/N-ethyl adjacent to an activating group) is 1. The fourth-order valence-electron chi connectivity index (χ4n) is 3.06. The quantitative estimate of drug-likeness (QED) is 0.771. The summed E-state index contributed by atoms with van der Waals surface area (Å²) in [6.07, 6.45) is 2.02. The molecule has 0 saturated carbocycles. The van der Waals surface area contributed by atoms with E-state index in [1.54, 1.807) is 6.92 Å². The zero-order valence-corrected chi connectivity index (χ0v) is 12.1. The van der Waals surface area contributed by atoms with Crippen LogP contribution in [0.4, 0.5) is 0 Å². The molecule has 5 nitrogen and oxygen atoms in total. The number of ether oxygens (including phenoxy) is 1. The molecule has 2 heterocycles. The lowest BCUT2D eigenvalue weighted by Gasteiger charge is -2.44. The van der Waals surface area contributed by atoms with Gasteiger partial charge in [0.15, 0.2) is 0 Å². The van der Waals surface area contributed by atoms with Crippen molar-refractivity contribution in [2.75, 3.05) is 40.3 Å². The summed E-state index contributed by atoms with van der Waals surface area (Å²) in [4.78, 5) is 16.4. The maximum Gasteiger partial charge on any atom is 0.338 e. The molecule has 2 bridgehead atoms. The summed E-state index contributed by atoms with van der Waals surface area (Å²) >= 11 is 0. The van der Waals surface area contributed by atoms with Crippen molar-refractivity contribution in [3.05, 3.63) is 11.3 Å². The average molecular weight is 268 g/mol. The van der Waals surface area contributed by atoms with Crippen LogP contribution in [0.15, 0.2) is 11.3 Å². The number of piperidine rings is 1. The molecule has 2 rings (SSSR count). The Morgan fingerprint density at radius 2 is 2.21 bits per heavy atom. The van der Waals surface area contributed by atoms with Crippen molar-refractivity contribution < 1.29 is 14.6 Å². The lowest BCUT2D eigenvalue weighted by atomic mass is 9.85. The van der Waals surface area contributed by atoms with Crippen LogP contribution in [0.25, 0.3) is 0 Å². The van der Waals surface area contributed by atoms with Gasteiger partial charge >= 0.3 is 5.97 Å². The molecule has 3 atom stereocenters. The molecule has 0 aromatic rings. The van der Waals surface area contributed by atoms with E-state index in [1.807, 2.05) is 0 Å². The molecule has 0 radical (unpaired) electrons. The predicted molar refractivity (Wildman–Crippen MR) is 72.9 cm³/mol. The first-order chi connectivity index (χ1) is 9.02. The van der Waals surface area contributed by atoms with Crippen molar-refractivity contribution in [2.45, 2.75) is 25.8 Å². The number of esters is 1. The molecular formula is C14H24N2O3. The zero-order valence-electron chi connectivity index (χ0n) is 12.1. The third-order valence-corrected chi connectivity index (χ3v) is 3.97. The maximum absolute atomic E-state index is 11.9. The number of fused-ring (bicyclic) bond motifs is 2. The highest BCUT2D eigenvalue weighted by Gasteiger charge is 2.38. The van der Waals surface area contributed by atoms with Crippen molar-refractivity contribution in [3.8, 4) is 0 Å². The van der Waals surface area contributed by atoms with Gasteiger partial charge in [-0.15, -0.1) is 0 Å². The van der Waals surface area contributed by atoms with Crippen LogP contribution in [-0.2, 0) is 9.53 Å². The Bertz CT molecular complexity index is 379. The highest BCUT2D eigenvalue weighted by Crippen LogP contribution is 2.33. The Morgan fingerprint density at radius 1 is 1.47 bits per heavy atom. The monoisotopic (exact) mass is 268 g/mol. The molecule has 2 aliphatic rings. The van der Waals surface area contributed by atoms with Gasteiger partial charge in [0.05, 0.1) is 12.2 Å². The minimum atomic E-state index is -0.361. The van der Waals surface area contributed by atoms with Crippen LogP contribution in [-0.4, -0.2) is 67.3 Å². The molecule has 0 aliphatic carbocycles. The molecule has 1 fully saturated rings. The van der Waals surface area contributed by atoms with Gasteiger partial charge in [-0.05, 0) is 33.9 Å². The topological polar surface area (TPSA) is 53.0 Å². The summed E-state index contributed by atoms with van der Waals surface area (Å²) < 4.78 is 5.04. The molecule has 1 unspecified atom stereocenters. The minimum absolute atomic E-state index is 0.103. The molecular weight excluding hydrogens is 244 g/mol. The van der Waals surface area contributed by atoms with Gasteiger partial charge in [0.25, 0.3) is 0 Å². The predicted octanol–water partition coefficient (Wildman–Crippen LogP) is 1.02. The number of nitrogens with zero attached hydrogens (tertiary/aromatic N) is 2. The second-order valence-corrected chi connectivity index (χ2v) is 5.70. The van der Waals surface area contributed by atoms with Gasteiger partial charge in [0.1, 0.15) is 5.76 Å². The highest BCUT2D eigenvalue weighted by atomic mass is 16.5. The number of hydrogen-bond donors (Lipinski definition) is 1. The Morgan fingerprint density at radius 3 is 2.84 bits per heavy atom. The van der Waals surface area contributed by atoms with Crippen molar-refractivity contribution in [3.63, 3.8) is 0 Å². The second-order valence-electron chi connectivity index (χ2n) is 5.70. The van der Waals surface area contributed by atoms with Crippen molar-refractivity contribution in [1.82, 2.24) is 9.80 Å². The largest absolute Gasteiger partial charge is 0.511 e. The number of carbonyl (C=O) groups is 1. The lowest BCUT2D eigenvalue weighted by molar-refractivity contribution is -0.139. The normalized spacial score (nSPS) is 30.6. The standard InChI is InChI=1S/C14H24N2O3/c1-4-19-14(18)12-9-16-7-10(13(12)17)5-6-11(16)8-15(2)3/h10-11,17H,4-9H2,1-3H3/t10-,11+/m0/s1. The van der Waals surface area contributed by atoms with Gasteiger partial charge in [-0.2, -0.15) is 0 Å². The number of aliphatic hydroxyl groups excluding tert-OH is 1. The first kappa shape index (κ1) is 14.3. The molecule has 1 N–H and O–H groups in total. The van der Waals surface area contributed by atoms with Crippen LogP contribution in [0.2, 0.25) is 0 Å².